The van der Waals surface area contributed by atoms with Crippen molar-refractivity contribution in [2.45, 2.75) is 27.7 Å². The zero-order valence-electron chi connectivity index (χ0n) is 8.98. The van der Waals surface area contributed by atoms with Crippen LogP contribution in [0, 0.1) is 5.92 Å². The summed E-state index contributed by atoms with van der Waals surface area (Å²) in [5.41, 5.74) is 7.02. The molecule has 0 aliphatic rings. The van der Waals surface area contributed by atoms with E-state index in [2.05, 4.69) is 18.8 Å². The Kier molecular flexibility index (Phi) is 5.44. The van der Waals surface area contributed by atoms with Crippen LogP contribution >= 0.6 is 0 Å². The van der Waals surface area contributed by atoms with Crippen molar-refractivity contribution >= 4 is 0 Å². The Bertz CT molecular complexity index is 237. The summed E-state index contributed by atoms with van der Waals surface area (Å²) in [7, 11) is 0. The van der Waals surface area contributed by atoms with Crippen LogP contribution in [-0.4, -0.2) is 10.0 Å². The second-order valence-corrected chi connectivity index (χ2v) is 5.59. The third-order valence-electron chi connectivity index (χ3n) is 1.80. The fourth-order valence-electron chi connectivity index (χ4n) is 1.20. The topological polar surface area (TPSA) is 46.2 Å². The molecule has 0 aromatic rings. The molecule has 0 heterocycles. The summed E-state index contributed by atoms with van der Waals surface area (Å²) >= 11 is 0.0317. The number of hydrogen-bond donors (Lipinski definition) is 2. The molecule has 0 aromatic carbocycles. The summed E-state index contributed by atoms with van der Waals surface area (Å²) in [4.78, 5) is 2.21. The molecular weight excluding hydrogens is 277 g/mol. The van der Waals surface area contributed by atoms with E-state index < -0.39 is 0 Å². The number of alkyl halides is 1. The number of nitrogens with two attached hydrogens (primary N) is 1. The van der Waals surface area contributed by atoms with Gasteiger partial charge < -0.3 is 0 Å². The molecule has 3 N–H and O–H groups in total. The van der Waals surface area contributed by atoms with Crippen molar-refractivity contribution < 1.29 is 26.3 Å². The van der Waals surface area contributed by atoms with E-state index in [1.807, 2.05) is 6.92 Å². The van der Waals surface area contributed by atoms with E-state index in [-0.39, 0.29) is 27.0 Å². The van der Waals surface area contributed by atoms with Crippen molar-refractivity contribution in [3.05, 3.63) is 20.6 Å². The summed E-state index contributed by atoms with van der Waals surface area (Å²) in [6.07, 6.45) is 0. The molecule has 3 heteroatoms. The normalized spacial score (nSPS) is 15.8. The van der Waals surface area contributed by atoms with Crippen LogP contribution in [0.5, 0.6) is 0 Å². The summed E-state index contributed by atoms with van der Waals surface area (Å²) in [6, 6.07) is 0. The van der Waals surface area contributed by atoms with Gasteiger partial charge in [0.25, 0.3) is 0 Å². The van der Waals surface area contributed by atoms with Crippen molar-refractivity contribution in [3.63, 3.8) is 0 Å². The zero-order valence-corrected chi connectivity index (χ0v) is 11.1. The molecule has 13 heavy (non-hydrogen) atoms. The Balaban J connectivity index is 5.09. The molecule has 0 saturated heterocycles. The van der Waals surface area contributed by atoms with Crippen LogP contribution in [-0.2, 0) is 0 Å². The molecule has 0 aliphatic heterocycles. The molecule has 0 atom stereocenters. The molecule has 0 spiro atoms. The van der Waals surface area contributed by atoms with Gasteiger partial charge in [-0.3, -0.25) is 0 Å². The zero-order chi connectivity index (χ0) is 10.6. The number of rotatable bonds is 3. The van der Waals surface area contributed by atoms with Gasteiger partial charge in [0.2, 0.25) is 0 Å². The molecule has 2 nitrogen and oxygen atoms in total. The molecule has 0 saturated carbocycles. The molecular formula is C10H19INO-. The summed E-state index contributed by atoms with van der Waals surface area (Å²) in [6.45, 7) is 7.98. The Morgan fingerprint density at radius 2 is 1.77 bits per heavy atom. The van der Waals surface area contributed by atoms with Crippen molar-refractivity contribution in [2.75, 3.05) is 4.93 Å². The molecule has 0 aromatic heterocycles. The molecule has 0 rings (SSSR count). The van der Waals surface area contributed by atoms with Crippen molar-refractivity contribution in [3.8, 4) is 0 Å². The molecule has 0 amide bonds. The number of allylic oxidation sites excluding steroid dienone is 3. The first-order chi connectivity index (χ1) is 5.91. The number of aliphatic hydroxyl groups is 1. The van der Waals surface area contributed by atoms with Gasteiger partial charge in [-0.2, -0.15) is 0 Å². The minimum atomic E-state index is 0.0317. The number of aliphatic hydroxyl groups excluding tert-OH is 1. The van der Waals surface area contributed by atoms with Crippen molar-refractivity contribution in [2.24, 2.45) is 11.7 Å². The maximum absolute atomic E-state index is 9.66. The van der Waals surface area contributed by atoms with Crippen molar-refractivity contribution in [1.82, 2.24) is 0 Å². The molecule has 0 radical (unpaired) electrons. The fraction of sp³-hybridized carbons (Fsp3) is 0.600. The standard InChI is InChI=1S/C10H19INO/c1-6(2)9(11-5)7(3)10(13)8(4)12/h6,13H,12H2,1-5H3/q-1/b9-7-,10-8+. The Morgan fingerprint density at radius 1 is 1.31 bits per heavy atom. The maximum atomic E-state index is 9.66. The van der Waals surface area contributed by atoms with Crippen LogP contribution in [0.25, 0.3) is 0 Å². The molecule has 0 bridgehead atoms. The van der Waals surface area contributed by atoms with E-state index in [1.54, 1.807) is 6.92 Å². The Labute approximate surface area is 91.2 Å². The fourth-order valence-corrected chi connectivity index (χ4v) is 3.51. The summed E-state index contributed by atoms with van der Waals surface area (Å²) in [5, 5.41) is 9.66. The van der Waals surface area contributed by atoms with Gasteiger partial charge in [-0.05, 0) is 0 Å². The second-order valence-electron chi connectivity index (χ2n) is 3.35. The van der Waals surface area contributed by atoms with Crippen LogP contribution in [0.2, 0.25) is 0 Å². The van der Waals surface area contributed by atoms with E-state index in [9.17, 15) is 5.11 Å². The van der Waals surface area contributed by atoms with Crippen molar-refractivity contribution in [1.29, 1.82) is 0 Å². The van der Waals surface area contributed by atoms with Crippen LogP contribution in [0.3, 0.4) is 0 Å². The third kappa shape index (κ3) is 3.58. The van der Waals surface area contributed by atoms with Gasteiger partial charge in [-0.25, -0.2) is 0 Å². The molecule has 78 valence electrons. The predicted octanol–water partition coefficient (Wildman–Crippen LogP) is -0.617. The summed E-state index contributed by atoms with van der Waals surface area (Å²) < 4.78 is 1.38. The first-order valence-corrected chi connectivity index (χ1v) is 7.51. The van der Waals surface area contributed by atoms with E-state index >= 15 is 0 Å². The number of halogens is 1. The van der Waals surface area contributed by atoms with Crippen LogP contribution in [0.15, 0.2) is 20.6 Å². The minimum absolute atomic E-state index is 0.0317. The number of hydrogen-bond acceptors (Lipinski definition) is 2. The van der Waals surface area contributed by atoms with Crippen LogP contribution in [0.1, 0.15) is 27.7 Å². The predicted molar refractivity (Wildman–Crippen MR) is 53.0 cm³/mol. The van der Waals surface area contributed by atoms with Crippen LogP contribution in [0.4, 0.5) is 0 Å². The van der Waals surface area contributed by atoms with Crippen LogP contribution < -0.4 is 26.9 Å². The van der Waals surface area contributed by atoms with Gasteiger partial charge >= 0.3 is 91.2 Å². The molecule has 0 unspecified atom stereocenters. The Morgan fingerprint density at radius 3 is 2.00 bits per heavy atom. The van der Waals surface area contributed by atoms with Gasteiger partial charge in [0.15, 0.2) is 0 Å². The van der Waals surface area contributed by atoms with E-state index in [0.717, 1.165) is 5.57 Å². The first-order valence-electron chi connectivity index (χ1n) is 4.27. The van der Waals surface area contributed by atoms with E-state index in [4.69, 9.17) is 5.73 Å². The van der Waals surface area contributed by atoms with Gasteiger partial charge in [0.1, 0.15) is 0 Å². The Hall–Kier alpha value is -0.190. The van der Waals surface area contributed by atoms with Gasteiger partial charge in [0, 0.05) is 0 Å². The van der Waals surface area contributed by atoms with Gasteiger partial charge in [-0.15, -0.1) is 0 Å². The van der Waals surface area contributed by atoms with E-state index in [1.165, 1.54) is 3.58 Å². The van der Waals surface area contributed by atoms with Gasteiger partial charge in [-0.1, -0.05) is 0 Å². The quantitative estimate of drug-likeness (QED) is 0.316. The second kappa shape index (κ2) is 5.52. The molecule has 0 aliphatic carbocycles. The average Bonchev–Trinajstić information content (AvgIpc) is 2.03. The average molecular weight is 296 g/mol. The molecule has 0 fully saturated rings. The SMILES string of the molecule is C[I-]/C(=C(C)\C(O)=C(\C)N)C(C)C. The monoisotopic (exact) mass is 296 g/mol. The summed E-state index contributed by atoms with van der Waals surface area (Å²) in [5.74, 6) is 0.782. The third-order valence-corrected chi connectivity index (χ3v) is 5.01. The first kappa shape index (κ1) is 12.8. The van der Waals surface area contributed by atoms with Gasteiger partial charge in [0.05, 0.1) is 0 Å². The van der Waals surface area contributed by atoms with E-state index in [0.29, 0.717) is 11.6 Å².